The number of piperidine rings is 1. The third-order valence-corrected chi connectivity index (χ3v) is 6.55. The molecular weight excluding hydrogens is 413 g/mol. The van der Waals surface area contributed by atoms with Gasteiger partial charge in [-0.15, -0.1) is 0 Å². The minimum absolute atomic E-state index is 0.492. The fourth-order valence-corrected chi connectivity index (χ4v) is 5.00. The highest BCUT2D eigenvalue weighted by Gasteiger charge is 2.67. The Morgan fingerprint density at radius 2 is 1.77 bits per heavy atom. The molecule has 0 aliphatic carbocycles. The molecule has 3 N–H and O–H groups in total. The van der Waals surface area contributed by atoms with E-state index in [2.05, 4.69) is 5.32 Å². The normalized spacial score (nSPS) is 32.3. The Balaban J connectivity index is 3.02. The number of rotatable bonds is 5. The van der Waals surface area contributed by atoms with Gasteiger partial charge in [0.05, 0.1) is 22.4 Å². The number of alkyl halides is 4. The van der Waals surface area contributed by atoms with Crippen LogP contribution in [0.15, 0.2) is 18.2 Å². The van der Waals surface area contributed by atoms with E-state index in [0.717, 1.165) is 19.1 Å². The number of nitrogens with one attached hydrogen (secondary N) is 1. The molecule has 5 atom stereocenters. The van der Waals surface area contributed by atoms with Crippen molar-refractivity contribution in [3.8, 4) is 0 Å². The number of carboxylic acid groups (broad SMARTS) is 2. The molecule has 1 fully saturated rings. The SMILES string of the molecule is CC(C)C1(C(=O)O)C(C)NC(CF)C(C)(C(=O)O)C1c1cccc(C(F)(F)F)c1F. The molecule has 1 aliphatic heterocycles. The first-order valence-electron chi connectivity index (χ1n) is 9.32. The highest BCUT2D eigenvalue weighted by atomic mass is 19.4. The topological polar surface area (TPSA) is 86.6 Å². The summed E-state index contributed by atoms with van der Waals surface area (Å²) in [5.74, 6) is -7.53. The van der Waals surface area contributed by atoms with Crippen LogP contribution in [0.25, 0.3) is 0 Å². The van der Waals surface area contributed by atoms with Gasteiger partial charge in [-0.25, -0.2) is 8.78 Å². The van der Waals surface area contributed by atoms with Gasteiger partial charge in [-0.3, -0.25) is 9.59 Å². The molecule has 30 heavy (non-hydrogen) atoms. The predicted molar refractivity (Wildman–Crippen MR) is 97.2 cm³/mol. The summed E-state index contributed by atoms with van der Waals surface area (Å²) in [4.78, 5) is 24.9. The molecule has 0 radical (unpaired) electrons. The van der Waals surface area contributed by atoms with Gasteiger partial charge >= 0.3 is 18.1 Å². The van der Waals surface area contributed by atoms with Gasteiger partial charge in [0.25, 0.3) is 0 Å². The van der Waals surface area contributed by atoms with E-state index >= 15 is 4.39 Å². The average Bonchev–Trinajstić information content (AvgIpc) is 2.61. The standard InChI is InChI=1S/C20H24F5NO4/c1-9(2)19(17(29)30)10(3)26-13(8-21)18(4,16(27)28)15(19)11-6-5-7-12(14(11)22)20(23,24)25/h5-7,9-10,13,15,26H,8H2,1-4H3,(H,27,28)(H,29,30). The first-order chi connectivity index (χ1) is 13.7. The van der Waals surface area contributed by atoms with E-state index in [-0.39, 0.29) is 0 Å². The van der Waals surface area contributed by atoms with Crippen molar-refractivity contribution < 1.29 is 41.8 Å². The third-order valence-electron chi connectivity index (χ3n) is 6.55. The molecule has 168 valence electrons. The molecule has 0 amide bonds. The maximum Gasteiger partial charge on any atom is 0.419 e. The summed E-state index contributed by atoms with van der Waals surface area (Å²) < 4.78 is 69.0. The van der Waals surface area contributed by atoms with Crippen molar-refractivity contribution in [3.63, 3.8) is 0 Å². The minimum atomic E-state index is -5.08. The van der Waals surface area contributed by atoms with Gasteiger partial charge in [-0.05, 0) is 31.4 Å². The average molecular weight is 437 g/mol. The van der Waals surface area contributed by atoms with Crippen LogP contribution in [0.5, 0.6) is 0 Å². The lowest BCUT2D eigenvalue weighted by Crippen LogP contribution is -2.71. The maximum absolute atomic E-state index is 15.2. The van der Waals surface area contributed by atoms with E-state index in [9.17, 15) is 37.4 Å². The van der Waals surface area contributed by atoms with Crippen LogP contribution in [0.2, 0.25) is 0 Å². The van der Waals surface area contributed by atoms with Crippen LogP contribution in [-0.2, 0) is 15.8 Å². The van der Waals surface area contributed by atoms with Crippen molar-refractivity contribution in [2.45, 2.75) is 51.9 Å². The Bertz CT molecular complexity index is 843. The lowest BCUT2D eigenvalue weighted by Gasteiger charge is -2.58. The zero-order chi connectivity index (χ0) is 23.2. The summed E-state index contributed by atoms with van der Waals surface area (Å²) in [7, 11) is 0. The monoisotopic (exact) mass is 437 g/mol. The molecule has 0 saturated carbocycles. The van der Waals surface area contributed by atoms with E-state index in [1.54, 1.807) is 0 Å². The molecule has 0 aromatic heterocycles. The van der Waals surface area contributed by atoms with Crippen molar-refractivity contribution in [1.29, 1.82) is 0 Å². The van der Waals surface area contributed by atoms with Crippen LogP contribution in [0.4, 0.5) is 22.0 Å². The number of benzene rings is 1. The fraction of sp³-hybridized carbons (Fsp3) is 0.600. The molecule has 5 nitrogen and oxygen atoms in total. The molecule has 1 saturated heterocycles. The lowest BCUT2D eigenvalue weighted by atomic mass is 9.49. The van der Waals surface area contributed by atoms with Crippen molar-refractivity contribution >= 4 is 11.9 Å². The molecule has 2 rings (SSSR count). The Kier molecular flexibility index (Phi) is 6.24. The number of aliphatic carboxylic acids is 2. The highest BCUT2D eigenvalue weighted by molar-refractivity contribution is 5.84. The van der Waals surface area contributed by atoms with Crippen LogP contribution < -0.4 is 5.32 Å². The van der Waals surface area contributed by atoms with E-state index in [1.165, 1.54) is 20.8 Å². The van der Waals surface area contributed by atoms with Gasteiger partial charge in [-0.2, -0.15) is 13.2 Å². The van der Waals surface area contributed by atoms with Crippen molar-refractivity contribution in [2.24, 2.45) is 16.7 Å². The van der Waals surface area contributed by atoms with Crippen molar-refractivity contribution in [3.05, 3.63) is 35.1 Å². The van der Waals surface area contributed by atoms with Crippen LogP contribution in [0, 0.1) is 22.6 Å². The molecule has 0 bridgehead atoms. The maximum atomic E-state index is 15.2. The number of carbonyl (C=O) groups is 2. The zero-order valence-electron chi connectivity index (χ0n) is 16.8. The summed E-state index contributed by atoms with van der Waals surface area (Å²) in [5, 5.41) is 22.8. The fourth-order valence-electron chi connectivity index (χ4n) is 5.00. The van der Waals surface area contributed by atoms with Gasteiger partial charge < -0.3 is 15.5 Å². The molecule has 1 heterocycles. The van der Waals surface area contributed by atoms with Crippen LogP contribution in [0.1, 0.15) is 44.7 Å². The molecule has 5 unspecified atom stereocenters. The predicted octanol–water partition coefficient (Wildman–Crippen LogP) is 4.08. The summed E-state index contributed by atoms with van der Waals surface area (Å²) in [6.45, 7) is 4.11. The van der Waals surface area contributed by atoms with E-state index in [4.69, 9.17) is 0 Å². The van der Waals surface area contributed by atoms with Gasteiger partial charge in [-0.1, -0.05) is 26.0 Å². The summed E-state index contributed by atoms with van der Waals surface area (Å²) in [5.41, 5.74) is -6.64. The third kappa shape index (κ3) is 3.25. The smallest absolute Gasteiger partial charge is 0.419 e. The lowest BCUT2D eigenvalue weighted by molar-refractivity contribution is -0.176. The second-order valence-corrected chi connectivity index (χ2v) is 8.22. The van der Waals surface area contributed by atoms with Gasteiger partial charge in [0, 0.05) is 12.0 Å². The molecule has 1 aromatic rings. The molecular formula is C20H24F5NO4. The molecule has 1 aliphatic rings. The Hall–Kier alpha value is -2.23. The number of halogens is 5. The largest absolute Gasteiger partial charge is 0.481 e. The van der Waals surface area contributed by atoms with E-state index < -0.39 is 76.5 Å². The Morgan fingerprint density at radius 3 is 2.17 bits per heavy atom. The van der Waals surface area contributed by atoms with Crippen LogP contribution in [0.3, 0.4) is 0 Å². The minimum Gasteiger partial charge on any atom is -0.481 e. The van der Waals surface area contributed by atoms with Gasteiger partial charge in [0.2, 0.25) is 0 Å². The molecule has 1 aromatic carbocycles. The first kappa shape index (κ1) is 24.0. The second kappa shape index (κ2) is 7.79. The van der Waals surface area contributed by atoms with Crippen LogP contribution in [-0.4, -0.2) is 40.9 Å². The quantitative estimate of drug-likeness (QED) is 0.605. The molecule has 0 spiro atoms. The Morgan fingerprint density at radius 1 is 1.20 bits per heavy atom. The number of hydrogen-bond acceptors (Lipinski definition) is 3. The zero-order valence-corrected chi connectivity index (χ0v) is 16.8. The van der Waals surface area contributed by atoms with E-state index in [1.807, 2.05) is 0 Å². The van der Waals surface area contributed by atoms with Gasteiger partial charge in [0.1, 0.15) is 12.5 Å². The Labute approximate surface area is 170 Å². The first-order valence-corrected chi connectivity index (χ1v) is 9.32. The number of hydrogen-bond donors (Lipinski definition) is 3. The second-order valence-electron chi connectivity index (χ2n) is 8.22. The van der Waals surface area contributed by atoms with E-state index in [0.29, 0.717) is 6.07 Å². The summed E-state index contributed by atoms with van der Waals surface area (Å²) in [6.07, 6.45) is -5.08. The molecule has 10 heteroatoms. The summed E-state index contributed by atoms with van der Waals surface area (Å²) >= 11 is 0. The highest BCUT2D eigenvalue weighted by Crippen LogP contribution is 2.59. The number of carboxylic acids is 2. The van der Waals surface area contributed by atoms with Crippen LogP contribution >= 0.6 is 0 Å². The summed E-state index contributed by atoms with van der Waals surface area (Å²) in [6, 6.07) is -0.180. The van der Waals surface area contributed by atoms with Crippen molar-refractivity contribution in [2.75, 3.05) is 6.67 Å². The van der Waals surface area contributed by atoms with Crippen molar-refractivity contribution in [1.82, 2.24) is 5.32 Å². The van der Waals surface area contributed by atoms with Gasteiger partial charge in [0.15, 0.2) is 0 Å².